The van der Waals surface area contributed by atoms with Crippen LogP contribution in [0.1, 0.15) is 19.3 Å². The van der Waals surface area contributed by atoms with E-state index in [9.17, 15) is 26.3 Å². The van der Waals surface area contributed by atoms with Crippen LogP contribution in [0.2, 0.25) is 0 Å². The minimum absolute atomic E-state index is 0.0228. The van der Waals surface area contributed by atoms with E-state index >= 15 is 0 Å². The lowest BCUT2D eigenvalue weighted by atomic mass is 10.1. The van der Waals surface area contributed by atoms with Crippen molar-refractivity contribution in [3.63, 3.8) is 0 Å². The Morgan fingerprint density at radius 1 is 0.903 bits per heavy atom. The maximum atomic E-state index is 12.6. The Bertz CT molecular complexity index is 830. The number of aliphatic hydroxyl groups is 1. The molecule has 0 bridgehead atoms. The van der Waals surface area contributed by atoms with Crippen molar-refractivity contribution >= 4 is 5.95 Å². The van der Waals surface area contributed by atoms with Crippen LogP contribution in [0.25, 0.3) is 11.3 Å². The molecule has 6 nitrogen and oxygen atoms in total. The van der Waals surface area contributed by atoms with Crippen LogP contribution in [0.15, 0.2) is 30.5 Å². The van der Waals surface area contributed by atoms with Gasteiger partial charge >= 0.3 is 12.4 Å². The lowest BCUT2D eigenvalue weighted by Crippen LogP contribution is -2.20. The fraction of sp³-hybridized carbons (Fsp3) is 0.474. The number of alkyl halides is 6. The summed E-state index contributed by atoms with van der Waals surface area (Å²) in [6, 6.07) is 4.70. The Morgan fingerprint density at radius 2 is 1.61 bits per heavy atom. The lowest BCUT2D eigenvalue weighted by molar-refractivity contribution is -0.154. The Hall–Kier alpha value is -2.76. The van der Waals surface area contributed by atoms with Gasteiger partial charge in [0.15, 0.2) is 13.2 Å². The molecule has 0 aliphatic heterocycles. The number of unbranched alkanes of at least 4 members (excludes halogenated alkanes) is 2. The van der Waals surface area contributed by atoms with E-state index < -0.39 is 25.6 Å². The van der Waals surface area contributed by atoms with Crippen molar-refractivity contribution in [1.82, 2.24) is 9.97 Å². The highest BCUT2D eigenvalue weighted by atomic mass is 19.4. The molecule has 0 saturated heterocycles. The molecule has 1 aromatic carbocycles. The number of hydrogen-bond acceptors (Lipinski definition) is 6. The van der Waals surface area contributed by atoms with Crippen LogP contribution in [0.3, 0.4) is 0 Å². The van der Waals surface area contributed by atoms with Gasteiger partial charge in [0.25, 0.3) is 0 Å². The predicted molar refractivity (Wildman–Crippen MR) is 100.0 cm³/mol. The number of anilines is 1. The minimum atomic E-state index is -4.60. The summed E-state index contributed by atoms with van der Waals surface area (Å²) >= 11 is 0. The summed E-state index contributed by atoms with van der Waals surface area (Å²) in [7, 11) is 0. The topological polar surface area (TPSA) is 76.5 Å². The maximum absolute atomic E-state index is 12.6. The molecule has 0 atom stereocenters. The van der Waals surface area contributed by atoms with Gasteiger partial charge in [0.1, 0.15) is 11.5 Å². The molecule has 1 heterocycles. The number of nitrogens with one attached hydrogen (secondary N) is 1. The highest BCUT2D eigenvalue weighted by molar-refractivity contribution is 5.69. The molecule has 2 N–H and O–H groups in total. The minimum Gasteiger partial charge on any atom is -0.484 e. The molecule has 2 aromatic rings. The number of benzene rings is 1. The first kappa shape index (κ1) is 24.5. The molecule has 2 rings (SSSR count). The van der Waals surface area contributed by atoms with E-state index in [2.05, 4.69) is 20.0 Å². The third kappa shape index (κ3) is 9.28. The summed E-state index contributed by atoms with van der Waals surface area (Å²) in [5.74, 6) is -0.238. The highest BCUT2D eigenvalue weighted by Gasteiger charge is 2.30. The molecule has 0 saturated carbocycles. The number of aromatic nitrogens is 2. The smallest absolute Gasteiger partial charge is 0.422 e. The standard InChI is InChI=1S/C19H21F6N3O3/c20-18(21,22)11-30-13-4-5-16(31-12-19(23,24)25)14(10-13)15-6-8-27-17(28-15)26-7-2-1-3-9-29/h4-6,8,10,29H,1-3,7,9,11-12H2,(H,26,27,28). The number of hydrogen-bond donors (Lipinski definition) is 2. The Kier molecular flexibility index (Phi) is 8.72. The number of rotatable bonds is 11. The number of ether oxygens (including phenoxy) is 2. The van der Waals surface area contributed by atoms with Crippen molar-refractivity contribution in [2.75, 3.05) is 31.7 Å². The van der Waals surface area contributed by atoms with Gasteiger partial charge in [-0.25, -0.2) is 9.97 Å². The summed E-state index contributed by atoms with van der Waals surface area (Å²) in [4.78, 5) is 8.22. The summed E-state index contributed by atoms with van der Waals surface area (Å²) in [6.07, 6.45) is -5.67. The quantitative estimate of drug-likeness (QED) is 0.383. The van der Waals surface area contributed by atoms with E-state index in [0.717, 1.165) is 31.0 Å². The molecular formula is C19H21F6N3O3. The number of nitrogens with zero attached hydrogens (tertiary/aromatic N) is 2. The van der Waals surface area contributed by atoms with E-state index in [4.69, 9.17) is 9.84 Å². The number of halogens is 6. The van der Waals surface area contributed by atoms with Crippen LogP contribution in [-0.2, 0) is 0 Å². The third-order valence-corrected chi connectivity index (χ3v) is 3.79. The van der Waals surface area contributed by atoms with Gasteiger partial charge in [-0.1, -0.05) is 0 Å². The molecule has 172 valence electrons. The van der Waals surface area contributed by atoms with Crippen LogP contribution >= 0.6 is 0 Å². The average Bonchev–Trinajstić information content (AvgIpc) is 2.70. The average molecular weight is 453 g/mol. The molecule has 12 heteroatoms. The van der Waals surface area contributed by atoms with Gasteiger partial charge in [0.2, 0.25) is 5.95 Å². The molecular weight excluding hydrogens is 432 g/mol. The largest absolute Gasteiger partial charge is 0.484 e. The fourth-order valence-corrected chi connectivity index (χ4v) is 2.46. The molecule has 0 unspecified atom stereocenters. The maximum Gasteiger partial charge on any atom is 0.422 e. The van der Waals surface area contributed by atoms with Gasteiger partial charge in [-0.05, 0) is 43.5 Å². The summed E-state index contributed by atoms with van der Waals surface area (Å²) in [6.45, 7) is -2.56. The van der Waals surface area contributed by atoms with Gasteiger partial charge < -0.3 is 19.9 Å². The fourth-order valence-electron chi connectivity index (χ4n) is 2.46. The Balaban J connectivity index is 2.24. The molecule has 1 aromatic heterocycles. The predicted octanol–water partition coefficient (Wildman–Crippen LogP) is 4.60. The molecule has 0 fully saturated rings. The summed E-state index contributed by atoms with van der Waals surface area (Å²) in [5, 5.41) is 11.7. The van der Waals surface area contributed by atoms with Crippen molar-refractivity contribution in [2.24, 2.45) is 0 Å². The third-order valence-electron chi connectivity index (χ3n) is 3.79. The first-order valence-corrected chi connectivity index (χ1v) is 9.29. The van der Waals surface area contributed by atoms with Crippen LogP contribution in [0.5, 0.6) is 11.5 Å². The molecule has 0 amide bonds. The van der Waals surface area contributed by atoms with E-state index in [0.29, 0.717) is 13.0 Å². The lowest BCUT2D eigenvalue weighted by Gasteiger charge is -2.16. The van der Waals surface area contributed by atoms with Crippen molar-refractivity contribution < 1.29 is 40.9 Å². The molecule has 0 aliphatic carbocycles. The van der Waals surface area contributed by atoms with E-state index in [1.165, 1.54) is 12.3 Å². The summed E-state index contributed by atoms with van der Waals surface area (Å²) in [5.41, 5.74) is 0.164. The van der Waals surface area contributed by atoms with Crippen LogP contribution in [0.4, 0.5) is 32.3 Å². The van der Waals surface area contributed by atoms with Crippen LogP contribution in [0, 0.1) is 0 Å². The van der Waals surface area contributed by atoms with Crippen molar-refractivity contribution in [3.8, 4) is 22.8 Å². The summed E-state index contributed by atoms with van der Waals surface area (Å²) < 4.78 is 84.5. The van der Waals surface area contributed by atoms with Crippen LogP contribution < -0.4 is 14.8 Å². The van der Waals surface area contributed by atoms with Crippen LogP contribution in [-0.4, -0.2) is 53.8 Å². The normalized spacial score (nSPS) is 12.0. The first-order valence-electron chi connectivity index (χ1n) is 9.29. The van der Waals surface area contributed by atoms with Crippen molar-refractivity contribution in [3.05, 3.63) is 30.5 Å². The zero-order valence-electron chi connectivity index (χ0n) is 16.3. The second-order valence-electron chi connectivity index (χ2n) is 6.44. The molecule has 0 aliphatic rings. The Labute approximate surface area is 174 Å². The van der Waals surface area contributed by atoms with Gasteiger partial charge in [-0.15, -0.1) is 0 Å². The monoisotopic (exact) mass is 453 g/mol. The van der Waals surface area contributed by atoms with Gasteiger partial charge in [0, 0.05) is 24.9 Å². The van der Waals surface area contributed by atoms with Gasteiger partial charge in [0.05, 0.1) is 5.69 Å². The zero-order valence-corrected chi connectivity index (χ0v) is 16.3. The second kappa shape index (κ2) is 11.0. The highest BCUT2D eigenvalue weighted by Crippen LogP contribution is 2.34. The van der Waals surface area contributed by atoms with E-state index in [1.54, 1.807) is 0 Å². The molecule has 31 heavy (non-hydrogen) atoms. The molecule has 0 spiro atoms. The number of aliphatic hydroxyl groups excluding tert-OH is 1. The van der Waals surface area contributed by atoms with Crippen molar-refractivity contribution in [1.29, 1.82) is 0 Å². The zero-order chi connectivity index (χ0) is 22.9. The van der Waals surface area contributed by atoms with E-state index in [-0.39, 0.29) is 35.3 Å². The SMILES string of the molecule is OCCCCCNc1nccc(-c2cc(OCC(F)(F)F)ccc2OCC(F)(F)F)n1. The first-order chi connectivity index (χ1) is 14.6. The van der Waals surface area contributed by atoms with Gasteiger partial charge in [-0.2, -0.15) is 26.3 Å². The molecule has 0 radical (unpaired) electrons. The van der Waals surface area contributed by atoms with E-state index in [1.807, 2.05) is 0 Å². The van der Waals surface area contributed by atoms with Crippen molar-refractivity contribution in [2.45, 2.75) is 31.6 Å². The Morgan fingerprint density at radius 3 is 2.29 bits per heavy atom. The second-order valence-corrected chi connectivity index (χ2v) is 6.44. The van der Waals surface area contributed by atoms with Gasteiger partial charge in [-0.3, -0.25) is 0 Å².